The summed E-state index contributed by atoms with van der Waals surface area (Å²) in [5.74, 6) is 0.457. The van der Waals surface area contributed by atoms with E-state index in [9.17, 15) is 9.90 Å². The standard InChI is InChI=1S/C15H27N3O3.ClH/c19-11-13-9-18(12-15(13)1-3-16-4-2-15)14(20)10-17-5-7-21-8-6-17;/h13,16,19H,1-12H2;1H. The summed E-state index contributed by atoms with van der Waals surface area (Å²) in [6.45, 7) is 7.38. The van der Waals surface area contributed by atoms with Crippen LogP contribution in [0.3, 0.4) is 0 Å². The van der Waals surface area contributed by atoms with E-state index >= 15 is 0 Å². The van der Waals surface area contributed by atoms with Crippen LogP contribution < -0.4 is 5.32 Å². The van der Waals surface area contributed by atoms with Crippen LogP contribution in [-0.4, -0.2) is 86.4 Å². The van der Waals surface area contributed by atoms with Crippen molar-refractivity contribution in [2.75, 3.05) is 65.6 Å². The number of hydrogen-bond acceptors (Lipinski definition) is 5. The number of piperidine rings is 1. The van der Waals surface area contributed by atoms with Gasteiger partial charge in [0.1, 0.15) is 0 Å². The van der Waals surface area contributed by atoms with E-state index in [4.69, 9.17) is 4.74 Å². The molecule has 0 aromatic carbocycles. The van der Waals surface area contributed by atoms with E-state index in [1.54, 1.807) is 0 Å². The quantitative estimate of drug-likeness (QED) is 0.733. The van der Waals surface area contributed by atoms with E-state index in [0.717, 1.165) is 65.3 Å². The van der Waals surface area contributed by atoms with Gasteiger partial charge in [0.15, 0.2) is 0 Å². The molecular weight excluding hydrogens is 306 g/mol. The zero-order valence-corrected chi connectivity index (χ0v) is 13.9. The lowest BCUT2D eigenvalue weighted by Gasteiger charge is -2.37. The Hall–Kier alpha value is -0.400. The zero-order chi connectivity index (χ0) is 14.7. The first-order valence-electron chi connectivity index (χ1n) is 8.13. The number of carbonyl (C=O) groups is 1. The summed E-state index contributed by atoms with van der Waals surface area (Å²) in [6.07, 6.45) is 2.14. The Kier molecular flexibility index (Phi) is 6.46. The fraction of sp³-hybridized carbons (Fsp3) is 0.933. The van der Waals surface area contributed by atoms with Crippen molar-refractivity contribution in [1.82, 2.24) is 15.1 Å². The zero-order valence-electron chi connectivity index (χ0n) is 13.1. The molecule has 7 heteroatoms. The topological polar surface area (TPSA) is 65.0 Å². The smallest absolute Gasteiger partial charge is 0.236 e. The van der Waals surface area contributed by atoms with Crippen LogP contribution in [0.25, 0.3) is 0 Å². The lowest BCUT2D eigenvalue weighted by Crippen LogP contribution is -2.45. The highest BCUT2D eigenvalue weighted by atomic mass is 35.5. The predicted octanol–water partition coefficient (Wildman–Crippen LogP) is -0.439. The van der Waals surface area contributed by atoms with Crippen LogP contribution in [0.4, 0.5) is 0 Å². The van der Waals surface area contributed by atoms with Gasteiger partial charge in [0.25, 0.3) is 0 Å². The number of aliphatic hydroxyl groups is 1. The molecule has 3 aliphatic heterocycles. The van der Waals surface area contributed by atoms with E-state index in [1.807, 2.05) is 4.90 Å². The molecule has 0 bridgehead atoms. The first-order valence-corrected chi connectivity index (χ1v) is 8.13. The molecule has 22 heavy (non-hydrogen) atoms. The third kappa shape index (κ3) is 3.74. The van der Waals surface area contributed by atoms with E-state index < -0.39 is 0 Å². The fourth-order valence-corrected chi connectivity index (χ4v) is 4.02. The van der Waals surface area contributed by atoms with Crippen LogP contribution >= 0.6 is 12.4 Å². The molecular formula is C15H28ClN3O3. The predicted molar refractivity (Wildman–Crippen MR) is 86.2 cm³/mol. The number of ether oxygens (including phenoxy) is 1. The van der Waals surface area contributed by atoms with Gasteiger partial charge in [-0.25, -0.2) is 0 Å². The summed E-state index contributed by atoms with van der Waals surface area (Å²) in [5.41, 5.74) is 0.140. The molecule has 0 aromatic rings. The fourth-order valence-electron chi connectivity index (χ4n) is 4.02. The Morgan fingerprint density at radius 2 is 1.95 bits per heavy atom. The van der Waals surface area contributed by atoms with Gasteiger partial charge in [-0.15, -0.1) is 12.4 Å². The van der Waals surface area contributed by atoms with Crippen molar-refractivity contribution in [2.24, 2.45) is 11.3 Å². The second kappa shape index (κ2) is 7.93. The van der Waals surface area contributed by atoms with Crippen LogP contribution in [0.15, 0.2) is 0 Å². The van der Waals surface area contributed by atoms with Gasteiger partial charge in [-0.2, -0.15) is 0 Å². The van der Waals surface area contributed by atoms with E-state index in [2.05, 4.69) is 10.2 Å². The number of likely N-dealkylation sites (tertiary alicyclic amines) is 1. The first-order chi connectivity index (χ1) is 10.2. The van der Waals surface area contributed by atoms with Crippen LogP contribution in [0.5, 0.6) is 0 Å². The lowest BCUT2D eigenvalue weighted by atomic mass is 9.71. The van der Waals surface area contributed by atoms with Gasteiger partial charge in [-0.1, -0.05) is 0 Å². The molecule has 3 rings (SSSR count). The Labute approximate surface area is 138 Å². The SMILES string of the molecule is Cl.O=C(CN1CCOCC1)N1CC(CO)C2(CCNCC2)C1. The van der Waals surface area contributed by atoms with Crippen molar-refractivity contribution in [3.05, 3.63) is 0 Å². The van der Waals surface area contributed by atoms with Gasteiger partial charge in [0.2, 0.25) is 5.91 Å². The Balaban J connectivity index is 0.00000176. The number of rotatable bonds is 3. The number of nitrogens with one attached hydrogen (secondary N) is 1. The maximum absolute atomic E-state index is 12.5. The highest BCUT2D eigenvalue weighted by Crippen LogP contribution is 2.43. The molecule has 3 saturated heterocycles. The third-order valence-electron chi connectivity index (χ3n) is 5.45. The molecule has 0 radical (unpaired) electrons. The Morgan fingerprint density at radius 3 is 2.59 bits per heavy atom. The highest BCUT2D eigenvalue weighted by molar-refractivity contribution is 5.85. The minimum Gasteiger partial charge on any atom is -0.396 e. The Bertz CT molecular complexity index is 371. The summed E-state index contributed by atoms with van der Waals surface area (Å²) in [5, 5.41) is 13.1. The van der Waals surface area contributed by atoms with Crippen LogP contribution in [0, 0.1) is 11.3 Å². The molecule has 0 saturated carbocycles. The van der Waals surface area contributed by atoms with Gasteiger partial charge in [-0.3, -0.25) is 9.69 Å². The highest BCUT2D eigenvalue weighted by Gasteiger charge is 2.47. The van der Waals surface area contributed by atoms with Crippen LogP contribution in [-0.2, 0) is 9.53 Å². The normalized spacial score (nSPS) is 28.6. The third-order valence-corrected chi connectivity index (χ3v) is 5.45. The number of halogens is 1. The van der Waals surface area contributed by atoms with Crippen LogP contribution in [0.1, 0.15) is 12.8 Å². The molecule has 1 spiro atoms. The number of carbonyl (C=O) groups excluding carboxylic acids is 1. The molecule has 1 unspecified atom stereocenters. The number of morpholine rings is 1. The van der Waals surface area contributed by atoms with E-state index in [0.29, 0.717) is 6.54 Å². The second-order valence-electron chi connectivity index (χ2n) is 6.65. The first kappa shape index (κ1) is 17.9. The molecule has 3 aliphatic rings. The molecule has 128 valence electrons. The van der Waals surface area contributed by atoms with Crippen LogP contribution in [0.2, 0.25) is 0 Å². The van der Waals surface area contributed by atoms with Crippen molar-refractivity contribution in [1.29, 1.82) is 0 Å². The summed E-state index contributed by atoms with van der Waals surface area (Å²) in [6, 6.07) is 0. The summed E-state index contributed by atoms with van der Waals surface area (Å²) in [7, 11) is 0. The molecule has 3 fully saturated rings. The number of hydrogen-bond donors (Lipinski definition) is 2. The van der Waals surface area contributed by atoms with Gasteiger partial charge in [-0.05, 0) is 31.3 Å². The maximum Gasteiger partial charge on any atom is 0.236 e. The Morgan fingerprint density at radius 1 is 1.27 bits per heavy atom. The van der Waals surface area contributed by atoms with Gasteiger partial charge in [0, 0.05) is 38.7 Å². The van der Waals surface area contributed by atoms with Crippen molar-refractivity contribution in [2.45, 2.75) is 12.8 Å². The second-order valence-corrected chi connectivity index (χ2v) is 6.65. The van der Waals surface area contributed by atoms with Crippen molar-refractivity contribution < 1.29 is 14.6 Å². The summed E-state index contributed by atoms with van der Waals surface area (Å²) in [4.78, 5) is 16.7. The average Bonchev–Trinajstić information content (AvgIpc) is 2.87. The minimum absolute atomic E-state index is 0. The summed E-state index contributed by atoms with van der Waals surface area (Å²) < 4.78 is 5.32. The van der Waals surface area contributed by atoms with Gasteiger partial charge in [0.05, 0.1) is 19.8 Å². The van der Waals surface area contributed by atoms with Gasteiger partial charge >= 0.3 is 0 Å². The minimum atomic E-state index is 0. The molecule has 2 N–H and O–H groups in total. The maximum atomic E-state index is 12.5. The number of amides is 1. The molecule has 1 atom stereocenters. The van der Waals surface area contributed by atoms with Crippen molar-refractivity contribution >= 4 is 18.3 Å². The number of aliphatic hydroxyl groups excluding tert-OH is 1. The number of nitrogens with zero attached hydrogens (tertiary/aromatic N) is 2. The average molecular weight is 334 g/mol. The monoisotopic (exact) mass is 333 g/mol. The largest absolute Gasteiger partial charge is 0.396 e. The molecule has 1 amide bonds. The van der Waals surface area contributed by atoms with Crippen molar-refractivity contribution in [3.63, 3.8) is 0 Å². The van der Waals surface area contributed by atoms with E-state index in [1.165, 1.54) is 0 Å². The van der Waals surface area contributed by atoms with E-state index in [-0.39, 0.29) is 36.3 Å². The molecule has 3 heterocycles. The molecule has 6 nitrogen and oxygen atoms in total. The van der Waals surface area contributed by atoms with Gasteiger partial charge < -0.3 is 20.1 Å². The molecule has 0 aliphatic carbocycles. The van der Waals surface area contributed by atoms with Crippen molar-refractivity contribution in [3.8, 4) is 0 Å². The summed E-state index contributed by atoms with van der Waals surface area (Å²) >= 11 is 0. The molecule has 0 aromatic heterocycles. The lowest BCUT2D eigenvalue weighted by molar-refractivity contribution is -0.132.